The SMILES string of the molecule is COc1ccc(N(O)c2ccc(CO)cc2)cc1. The minimum absolute atomic E-state index is 0.00571. The molecule has 2 N–H and O–H groups in total. The van der Waals surface area contributed by atoms with Gasteiger partial charge in [-0.3, -0.25) is 5.21 Å². The van der Waals surface area contributed by atoms with Crippen molar-refractivity contribution in [1.82, 2.24) is 0 Å². The lowest BCUT2D eigenvalue weighted by Gasteiger charge is -2.17. The van der Waals surface area contributed by atoms with E-state index in [4.69, 9.17) is 9.84 Å². The number of nitrogens with zero attached hydrogens (tertiary/aromatic N) is 1. The number of benzene rings is 2. The Balaban J connectivity index is 2.20. The quantitative estimate of drug-likeness (QED) is 0.813. The van der Waals surface area contributed by atoms with Crippen LogP contribution in [-0.2, 0) is 6.61 Å². The molecule has 0 saturated carbocycles. The maximum absolute atomic E-state index is 10.0. The molecule has 0 atom stereocenters. The third-order valence-electron chi connectivity index (χ3n) is 2.68. The van der Waals surface area contributed by atoms with Gasteiger partial charge in [0.15, 0.2) is 0 Å². The van der Waals surface area contributed by atoms with Crippen LogP contribution in [0.1, 0.15) is 5.56 Å². The van der Waals surface area contributed by atoms with Crippen LogP contribution in [0.5, 0.6) is 5.75 Å². The number of methoxy groups -OCH3 is 1. The van der Waals surface area contributed by atoms with Gasteiger partial charge in [-0.25, -0.2) is 5.06 Å². The normalized spacial score (nSPS) is 10.2. The van der Waals surface area contributed by atoms with Gasteiger partial charge in [-0.05, 0) is 42.0 Å². The standard InChI is InChI=1S/C14H15NO3/c1-18-14-8-6-13(7-9-14)15(17)12-4-2-11(10-16)3-5-12/h2-9,16-17H,10H2,1H3. The minimum Gasteiger partial charge on any atom is -0.497 e. The van der Waals surface area contributed by atoms with E-state index in [0.29, 0.717) is 11.4 Å². The maximum Gasteiger partial charge on any atom is 0.119 e. The summed E-state index contributed by atoms with van der Waals surface area (Å²) in [6, 6.07) is 14.1. The molecule has 2 aromatic rings. The Morgan fingerprint density at radius 1 is 0.944 bits per heavy atom. The smallest absolute Gasteiger partial charge is 0.119 e. The van der Waals surface area contributed by atoms with Crippen molar-refractivity contribution in [1.29, 1.82) is 0 Å². The summed E-state index contributed by atoms with van der Waals surface area (Å²) >= 11 is 0. The number of hydrogen-bond acceptors (Lipinski definition) is 4. The van der Waals surface area contributed by atoms with E-state index in [1.165, 1.54) is 0 Å². The molecule has 0 aliphatic carbocycles. The number of aliphatic hydroxyl groups excluding tert-OH is 1. The first-order valence-corrected chi connectivity index (χ1v) is 5.57. The van der Waals surface area contributed by atoms with Crippen molar-refractivity contribution in [2.24, 2.45) is 0 Å². The van der Waals surface area contributed by atoms with Crippen LogP contribution in [0.4, 0.5) is 11.4 Å². The van der Waals surface area contributed by atoms with Gasteiger partial charge >= 0.3 is 0 Å². The first-order valence-electron chi connectivity index (χ1n) is 5.57. The van der Waals surface area contributed by atoms with Crippen molar-refractivity contribution in [3.8, 4) is 5.75 Å². The van der Waals surface area contributed by atoms with Crippen molar-refractivity contribution < 1.29 is 15.1 Å². The number of aliphatic hydroxyl groups is 1. The summed E-state index contributed by atoms with van der Waals surface area (Å²) in [5, 5.41) is 20.1. The fourth-order valence-electron chi connectivity index (χ4n) is 1.62. The van der Waals surface area contributed by atoms with Crippen LogP contribution in [0.2, 0.25) is 0 Å². The summed E-state index contributed by atoms with van der Waals surface area (Å²) in [6.45, 7) is -0.00571. The highest BCUT2D eigenvalue weighted by Crippen LogP contribution is 2.25. The molecule has 0 saturated heterocycles. The summed E-state index contributed by atoms with van der Waals surface area (Å²) in [7, 11) is 1.60. The number of hydrogen-bond donors (Lipinski definition) is 2. The highest BCUT2D eigenvalue weighted by molar-refractivity contribution is 5.60. The highest BCUT2D eigenvalue weighted by Gasteiger charge is 2.06. The van der Waals surface area contributed by atoms with E-state index in [9.17, 15) is 5.21 Å². The Morgan fingerprint density at radius 3 is 1.89 bits per heavy atom. The van der Waals surface area contributed by atoms with Gasteiger partial charge in [-0.1, -0.05) is 12.1 Å². The molecule has 0 aromatic heterocycles. The van der Waals surface area contributed by atoms with E-state index in [0.717, 1.165) is 16.4 Å². The van der Waals surface area contributed by atoms with Crippen molar-refractivity contribution in [2.75, 3.05) is 12.2 Å². The fraction of sp³-hybridized carbons (Fsp3) is 0.143. The van der Waals surface area contributed by atoms with Crippen LogP contribution in [0.3, 0.4) is 0 Å². The molecule has 0 fully saturated rings. The lowest BCUT2D eigenvalue weighted by molar-refractivity contribution is 0.281. The number of ether oxygens (including phenoxy) is 1. The van der Waals surface area contributed by atoms with Gasteiger partial charge in [0, 0.05) is 0 Å². The average molecular weight is 245 g/mol. The first-order chi connectivity index (χ1) is 8.74. The summed E-state index contributed by atoms with van der Waals surface area (Å²) in [6.07, 6.45) is 0. The van der Waals surface area contributed by atoms with Gasteiger partial charge in [0.25, 0.3) is 0 Å². The van der Waals surface area contributed by atoms with Gasteiger partial charge in [0.05, 0.1) is 25.1 Å². The van der Waals surface area contributed by atoms with Crippen molar-refractivity contribution in [3.63, 3.8) is 0 Å². The van der Waals surface area contributed by atoms with Crippen LogP contribution in [0.15, 0.2) is 48.5 Å². The highest BCUT2D eigenvalue weighted by atomic mass is 16.5. The number of rotatable bonds is 4. The van der Waals surface area contributed by atoms with Gasteiger partial charge in [-0.2, -0.15) is 0 Å². The molecule has 94 valence electrons. The van der Waals surface area contributed by atoms with Gasteiger partial charge in [-0.15, -0.1) is 0 Å². The van der Waals surface area contributed by atoms with Crippen LogP contribution < -0.4 is 9.80 Å². The van der Waals surface area contributed by atoms with Crippen molar-refractivity contribution in [2.45, 2.75) is 6.61 Å². The molecule has 4 nitrogen and oxygen atoms in total. The number of anilines is 2. The Bertz CT molecular complexity index is 446. The monoisotopic (exact) mass is 245 g/mol. The third-order valence-corrected chi connectivity index (χ3v) is 2.68. The van der Waals surface area contributed by atoms with Crippen molar-refractivity contribution in [3.05, 3.63) is 54.1 Å². The molecule has 0 aliphatic heterocycles. The summed E-state index contributed by atoms with van der Waals surface area (Å²) < 4.78 is 5.06. The van der Waals surface area contributed by atoms with E-state index in [1.807, 2.05) is 0 Å². The molecule has 0 unspecified atom stereocenters. The predicted octanol–water partition coefficient (Wildman–Crippen LogP) is 2.71. The largest absolute Gasteiger partial charge is 0.497 e. The van der Waals surface area contributed by atoms with Gasteiger partial charge in [0.2, 0.25) is 0 Å². The second kappa shape index (κ2) is 5.53. The molecular formula is C14H15NO3. The molecular weight excluding hydrogens is 230 g/mol. The molecule has 2 aromatic carbocycles. The Labute approximate surface area is 106 Å². The average Bonchev–Trinajstić information content (AvgIpc) is 2.47. The molecule has 0 aliphatic rings. The topological polar surface area (TPSA) is 52.9 Å². The van der Waals surface area contributed by atoms with Gasteiger partial charge < -0.3 is 9.84 Å². The summed E-state index contributed by atoms with van der Waals surface area (Å²) in [4.78, 5) is 0. The lowest BCUT2D eigenvalue weighted by Crippen LogP contribution is -2.10. The molecule has 0 bridgehead atoms. The molecule has 0 heterocycles. The summed E-state index contributed by atoms with van der Waals surface area (Å²) in [5.74, 6) is 0.739. The Hall–Kier alpha value is -2.04. The molecule has 18 heavy (non-hydrogen) atoms. The second-order valence-electron chi connectivity index (χ2n) is 3.83. The minimum atomic E-state index is -0.00571. The Morgan fingerprint density at radius 2 is 1.44 bits per heavy atom. The lowest BCUT2D eigenvalue weighted by atomic mass is 10.2. The zero-order valence-corrected chi connectivity index (χ0v) is 10.1. The summed E-state index contributed by atoms with van der Waals surface area (Å²) in [5.41, 5.74) is 2.09. The maximum atomic E-state index is 10.0. The molecule has 0 radical (unpaired) electrons. The van der Waals surface area contributed by atoms with Crippen LogP contribution in [0, 0.1) is 0 Å². The molecule has 0 spiro atoms. The fourth-order valence-corrected chi connectivity index (χ4v) is 1.62. The van der Waals surface area contributed by atoms with E-state index in [2.05, 4.69) is 0 Å². The molecule has 0 amide bonds. The first kappa shape index (κ1) is 12.4. The zero-order chi connectivity index (χ0) is 13.0. The van der Waals surface area contributed by atoms with E-state index in [1.54, 1.807) is 55.6 Å². The van der Waals surface area contributed by atoms with Crippen LogP contribution in [0.25, 0.3) is 0 Å². The third kappa shape index (κ3) is 2.61. The van der Waals surface area contributed by atoms with Crippen molar-refractivity contribution >= 4 is 11.4 Å². The van der Waals surface area contributed by atoms with E-state index in [-0.39, 0.29) is 6.61 Å². The van der Waals surface area contributed by atoms with Crippen LogP contribution in [-0.4, -0.2) is 17.4 Å². The second-order valence-corrected chi connectivity index (χ2v) is 3.83. The Kier molecular flexibility index (Phi) is 3.82. The zero-order valence-electron chi connectivity index (χ0n) is 10.1. The van der Waals surface area contributed by atoms with E-state index >= 15 is 0 Å². The molecule has 4 heteroatoms. The predicted molar refractivity (Wildman–Crippen MR) is 69.3 cm³/mol. The molecule has 2 rings (SSSR count). The van der Waals surface area contributed by atoms with E-state index < -0.39 is 0 Å². The van der Waals surface area contributed by atoms with Gasteiger partial charge in [0.1, 0.15) is 5.75 Å². The van der Waals surface area contributed by atoms with Crippen LogP contribution >= 0.6 is 0 Å².